The summed E-state index contributed by atoms with van der Waals surface area (Å²) in [5.74, 6) is 0.225. The SMILES string of the molecule is O=C(O)C1CCCN1C(=O)C1CCCCS1. The lowest BCUT2D eigenvalue weighted by atomic mass is 10.1. The Hall–Kier alpha value is -0.710. The lowest BCUT2D eigenvalue weighted by molar-refractivity contribution is -0.148. The number of aliphatic carboxylic acids is 1. The van der Waals surface area contributed by atoms with Gasteiger partial charge in [-0.05, 0) is 31.4 Å². The molecule has 0 radical (unpaired) electrons. The van der Waals surface area contributed by atoms with Gasteiger partial charge in [-0.2, -0.15) is 0 Å². The zero-order chi connectivity index (χ0) is 11.5. The third kappa shape index (κ3) is 2.34. The van der Waals surface area contributed by atoms with Crippen LogP contribution >= 0.6 is 11.8 Å². The number of thioether (sulfide) groups is 1. The van der Waals surface area contributed by atoms with Gasteiger partial charge in [-0.1, -0.05) is 6.42 Å². The number of carboxylic acids is 1. The van der Waals surface area contributed by atoms with Crippen LogP contribution in [0, 0.1) is 0 Å². The van der Waals surface area contributed by atoms with E-state index < -0.39 is 12.0 Å². The van der Waals surface area contributed by atoms with Crippen LogP contribution in [-0.2, 0) is 9.59 Å². The largest absolute Gasteiger partial charge is 0.480 e. The van der Waals surface area contributed by atoms with Crippen LogP contribution in [0.4, 0.5) is 0 Å². The second kappa shape index (κ2) is 5.08. The first-order chi connectivity index (χ1) is 7.70. The molecule has 2 aliphatic heterocycles. The van der Waals surface area contributed by atoms with Gasteiger partial charge < -0.3 is 10.0 Å². The van der Waals surface area contributed by atoms with Crippen molar-refractivity contribution in [2.24, 2.45) is 0 Å². The van der Waals surface area contributed by atoms with Gasteiger partial charge in [0.25, 0.3) is 0 Å². The number of carboxylic acid groups (broad SMARTS) is 1. The summed E-state index contributed by atoms with van der Waals surface area (Å²) in [5, 5.41) is 9.04. The Balaban J connectivity index is 1.99. The van der Waals surface area contributed by atoms with Gasteiger partial charge in [0.15, 0.2) is 0 Å². The molecule has 4 nitrogen and oxygen atoms in total. The van der Waals surface area contributed by atoms with Gasteiger partial charge in [0.2, 0.25) is 5.91 Å². The molecule has 2 rings (SSSR count). The smallest absolute Gasteiger partial charge is 0.326 e. The standard InChI is InChI=1S/C11H17NO3S/c13-10(9-5-1-2-7-16-9)12-6-3-4-8(12)11(14)15/h8-9H,1-7H2,(H,14,15). The maximum Gasteiger partial charge on any atom is 0.326 e. The molecule has 2 atom stereocenters. The summed E-state index contributed by atoms with van der Waals surface area (Å²) >= 11 is 1.69. The highest BCUT2D eigenvalue weighted by Gasteiger charge is 2.37. The molecule has 2 unspecified atom stereocenters. The number of nitrogens with zero attached hydrogens (tertiary/aromatic N) is 1. The maximum absolute atomic E-state index is 12.2. The van der Waals surface area contributed by atoms with E-state index in [-0.39, 0.29) is 11.2 Å². The summed E-state index contributed by atoms with van der Waals surface area (Å²) in [6.45, 7) is 0.618. The van der Waals surface area contributed by atoms with Crippen LogP contribution in [0.5, 0.6) is 0 Å². The van der Waals surface area contributed by atoms with E-state index in [9.17, 15) is 9.59 Å². The van der Waals surface area contributed by atoms with Gasteiger partial charge in [-0.25, -0.2) is 4.79 Å². The molecule has 0 aliphatic carbocycles. The molecule has 90 valence electrons. The summed E-state index contributed by atoms with van der Waals surface area (Å²) in [4.78, 5) is 24.7. The highest BCUT2D eigenvalue weighted by Crippen LogP contribution is 2.29. The van der Waals surface area contributed by atoms with Gasteiger partial charge in [0, 0.05) is 6.54 Å². The topological polar surface area (TPSA) is 57.6 Å². The number of likely N-dealkylation sites (tertiary alicyclic amines) is 1. The van der Waals surface area contributed by atoms with Crippen molar-refractivity contribution in [3.8, 4) is 0 Å². The van der Waals surface area contributed by atoms with Gasteiger partial charge >= 0.3 is 5.97 Å². The van der Waals surface area contributed by atoms with Crippen LogP contribution in [-0.4, -0.2) is 45.5 Å². The molecule has 0 aromatic heterocycles. The molecule has 16 heavy (non-hydrogen) atoms. The van der Waals surface area contributed by atoms with E-state index in [1.54, 1.807) is 16.7 Å². The van der Waals surface area contributed by atoms with Crippen molar-refractivity contribution in [2.75, 3.05) is 12.3 Å². The fraction of sp³-hybridized carbons (Fsp3) is 0.818. The fourth-order valence-corrected chi connectivity index (χ4v) is 3.67. The summed E-state index contributed by atoms with van der Waals surface area (Å²) < 4.78 is 0. The average molecular weight is 243 g/mol. The van der Waals surface area contributed by atoms with E-state index in [4.69, 9.17) is 5.11 Å². The third-order valence-corrected chi connectivity index (χ3v) is 4.64. The molecule has 0 bridgehead atoms. The zero-order valence-corrected chi connectivity index (χ0v) is 10.0. The fourth-order valence-electron chi connectivity index (χ4n) is 2.41. The molecular formula is C11H17NO3S. The van der Waals surface area contributed by atoms with E-state index >= 15 is 0 Å². The summed E-state index contributed by atoms with van der Waals surface area (Å²) in [5.41, 5.74) is 0. The van der Waals surface area contributed by atoms with E-state index in [1.165, 1.54) is 6.42 Å². The predicted octanol–water partition coefficient (Wildman–Crippen LogP) is 1.35. The normalized spacial score (nSPS) is 30.4. The first kappa shape index (κ1) is 11.8. The number of carbonyl (C=O) groups excluding carboxylic acids is 1. The highest BCUT2D eigenvalue weighted by atomic mass is 32.2. The molecular weight excluding hydrogens is 226 g/mol. The number of hydrogen-bond acceptors (Lipinski definition) is 3. The van der Waals surface area contributed by atoms with Crippen molar-refractivity contribution in [3.63, 3.8) is 0 Å². The lowest BCUT2D eigenvalue weighted by Gasteiger charge is -2.28. The molecule has 0 aromatic rings. The Kier molecular flexibility index (Phi) is 3.74. The van der Waals surface area contributed by atoms with Gasteiger partial charge in [-0.15, -0.1) is 11.8 Å². The summed E-state index contributed by atoms with van der Waals surface area (Å²) in [6, 6.07) is -0.574. The van der Waals surface area contributed by atoms with E-state index in [1.807, 2.05) is 0 Å². The predicted molar refractivity (Wildman–Crippen MR) is 62.5 cm³/mol. The van der Waals surface area contributed by atoms with E-state index in [0.29, 0.717) is 13.0 Å². The molecule has 1 N–H and O–H groups in total. The van der Waals surface area contributed by atoms with Crippen molar-refractivity contribution in [1.29, 1.82) is 0 Å². The van der Waals surface area contributed by atoms with Crippen molar-refractivity contribution in [2.45, 2.75) is 43.4 Å². The Labute approximate surface area is 99.4 Å². The van der Waals surface area contributed by atoms with Gasteiger partial charge in [-0.3, -0.25) is 4.79 Å². The first-order valence-corrected chi connectivity index (χ1v) is 6.90. The number of amides is 1. The van der Waals surface area contributed by atoms with Crippen LogP contribution in [0.1, 0.15) is 32.1 Å². The van der Waals surface area contributed by atoms with E-state index in [2.05, 4.69) is 0 Å². The third-order valence-electron chi connectivity index (χ3n) is 3.28. The molecule has 2 heterocycles. The summed E-state index contributed by atoms with van der Waals surface area (Å²) in [6.07, 6.45) is 4.61. The molecule has 1 amide bonds. The average Bonchev–Trinajstić information content (AvgIpc) is 2.78. The van der Waals surface area contributed by atoms with Crippen molar-refractivity contribution in [3.05, 3.63) is 0 Å². The molecule has 0 saturated carbocycles. The summed E-state index contributed by atoms with van der Waals surface area (Å²) in [7, 11) is 0. The molecule has 5 heteroatoms. The Morgan fingerprint density at radius 2 is 2.00 bits per heavy atom. The number of rotatable bonds is 2. The quantitative estimate of drug-likeness (QED) is 0.795. The minimum atomic E-state index is -0.855. The van der Waals surface area contributed by atoms with Crippen LogP contribution in [0.15, 0.2) is 0 Å². The molecule has 2 aliphatic rings. The van der Waals surface area contributed by atoms with Gasteiger partial charge in [0.05, 0.1) is 5.25 Å². The Morgan fingerprint density at radius 1 is 1.19 bits per heavy atom. The number of hydrogen-bond donors (Lipinski definition) is 1. The minimum absolute atomic E-state index is 0.00806. The molecule has 2 fully saturated rings. The zero-order valence-electron chi connectivity index (χ0n) is 9.22. The monoisotopic (exact) mass is 243 g/mol. The number of carbonyl (C=O) groups is 2. The van der Waals surface area contributed by atoms with Crippen LogP contribution in [0.3, 0.4) is 0 Å². The van der Waals surface area contributed by atoms with Crippen LogP contribution in [0.25, 0.3) is 0 Å². The minimum Gasteiger partial charge on any atom is -0.480 e. The maximum atomic E-state index is 12.2. The Morgan fingerprint density at radius 3 is 2.62 bits per heavy atom. The second-order valence-corrected chi connectivity index (χ2v) is 5.69. The molecule has 0 aromatic carbocycles. The second-order valence-electron chi connectivity index (χ2n) is 4.38. The van der Waals surface area contributed by atoms with Crippen LogP contribution < -0.4 is 0 Å². The first-order valence-electron chi connectivity index (χ1n) is 5.85. The van der Waals surface area contributed by atoms with E-state index in [0.717, 1.165) is 25.0 Å². The molecule has 2 saturated heterocycles. The Bertz CT molecular complexity index is 289. The van der Waals surface area contributed by atoms with Crippen molar-refractivity contribution < 1.29 is 14.7 Å². The van der Waals surface area contributed by atoms with Gasteiger partial charge in [0.1, 0.15) is 6.04 Å². The van der Waals surface area contributed by atoms with Crippen molar-refractivity contribution in [1.82, 2.24) is 4.90 Å². The van der Waals surface area contributed by atoms with Crippen LogP contribution in [0.2, 0.25) is 0 Å². The lowest BCUT2D eigenvalue weighted by Crippen LogP contribution is -2.45. The highest BCUT2D eigenvalue weighted by molar-refractivity contribution is 8.00. The molecule has 0 spiro atoms. The van der Waals surface area contributed by atoms with Crippen molar-refractivity contribution >= 4 is 23.6 Å².